The molecule has 5 nitrogen and oxygen atoms in total. The van der Waals surface area contributed by atoms with Crippen molar-refractivity contribution in [3.05, 3.63) is 0 Å². The van der Waals surface area contributed by atoms with Gasteiger partial charge in [-0.25, -0.2) is 0 Å². The van der Waals surface area contributed by atoms with Crippen molar-refractivity contribution in [2.45, 2.75) is 61.0 Å². The Bertz CT molecular complexity index is 376. The van der Waals surface area contributed by atoms with Gasteiger partial charge >= 0.3 is 0 Å². The van der Waals surface area contributed by atoms with Crippen LogP contribution in [0.1, 0.15) is 25.7 Å². The smallest absolute Gasteiger partial charge is 0.254 e. The zero-order valence-corrected chi connectivity index (χ0v) is 8.02. The summed E-state index contributed by atoms with van der Waals surface area (Å²) < 4.78 is 28.4. The average Bonchev–Trinajstić information content (AvgIpc) is 3.14. The van der Waals surface area contributed by atoms with Crippen LogP contribution >= 0.6 is 0 Å². The molecule has 4 heterocycles. The second kappa shape index (κ2) is 1.50. The van der Waals surface area contributed by atoms with Crippen LogP contribution in [0.5, 0.6) is 0 Å². The Hall–Kier alpha value is -0.200. The molecule has 2 saturated carbocycles. The largest absolute Gasteiger partial charge is 0.334 e. The highest BCUT2D eigenvalue weighted by atomic mass is 17.0. The van der Waals surface area contributed by atoms with Gasteiger partial charge in [0.15, 0.2) is 0 Å². The molecule has 0 aromatic heterocycles. The summed E-state index contributed by atoms with van der Waals surface area (Å²) in [6.45, 7) is 0. The Kier molecular flexibility index (Phi) is 0.720. The summed E-state index contributed by atoms with van der Waals surface area (Å²) in [6.07, 6.45) is 4.52. The fourth-order valence-electron chi connectivity index (χ4n) is 3.79. The maximum absolute atomic E-state index is 6.09. The highest BCUT2D eigenvalue weighted by molar-refractivity contribution is 5.29. The third-order valence-electron chi connectivity index (χ3n) is 4.78. The lowest BCUT2D eigenvalue weighted by Gasteiger charge is -2.15. The molecule has 2 spiro atoms. The quantitative estimate of drug-likeness (QED) is 0.611. The molecule has 15 heavy (non-hydrogen) atoms. The van der Waals surface area contributed by atoms with Gasteiger partial charge in [0, 0.05) is 12.8 Å². The first-order chi connectivity index (χ1) is 7.25. The van der Waals surface area contributed by atoms with E-state index in [4.69, 9.17) is 23.7 Å². The van der Waals surface area contributed by atoms with Crippen LogP contribution in [0, 0.1) is 0 Å². The van der Waals surface area contributed by atoms with Gasteiger partial charge in [0.05, 0.1) is 0 Å². The van der Waals surface area contributed by atoms with E-state index in [9.17, 15) is 0 Å². The SMILES string of the molecule is C1CC2(OC34CCC5OC53O4)OC23OC13. The van der Waals surface area contributed by atoms with Gasteiger partial charge in [-0.05, 0) is 12.8 Å². The lowest BCUT2D eigenvalue weighted by molar-refractivity contribution is -0.158. The Morgan fingerprint density at radius 2 is 1.40 bits per heavy atom. The number of ether oxygens (including phenoxy) is 5. The molecule has 0 aromatic carbocycles. The maximum atomic E-state index is 6.09. The van der Waals surface area contributed by atoms with E-state index in [2.05, 4.69) is 0 Å². The summed E-state index contributed by atoms with van der Waals surface area (Å²) >= 11 is 0. The molecule has 0 bridgehead atoms. The van der Waals surface area contributed by atoms with Crippen LogP contribution in [0.2, 0.25) is 0 Å². The Balaban J connectivity index is 1.38. The highest BCUT2D eigenvalue weighted by Crippen LogP contribution is 2.79. The fourth-order valence-corrected chi connectivity index (χ4v) is 3.79. The van der Waals surface area contributed by atoms with Gasteiger partial charge in [-0.15, -0.1) is 0 Å². The van der Waals surface area contributed by atoms with Gasteiger partial charge in [-0.3, -0.25) is 0 Å². The Labute approximate surface area is 85.6 Å². The molecule has 6 atom stereocenters. The molecule has 0 radical (unpaired) electrons. The zero-order chi connectivity index (χ0) is 9.52. The van der Waals surface area contributed by atoms with Crippen LogP contribution in [0.15, 0.2) is 0 Å². The van der Waals surface area contributed by atoms with Crippen LogP contribution in [-0.4, -0.2) is 35.4 Å². The summed E-state index contributed by atoms with van der Waals surface area (Å²) in [5.41, 5.74) is 0. The molecule has 0 N–H and O–H groups in total. The van der Waals surface area contributed by atoms with Crippen molar-refractivity contribution >= 4 is 0 Å². The molecule has 6 aliphatic rings. The molecule has 6 fully saturated rings. The van der Waals surface area contributed by atoms with Crippen molar-refractivity contribution in [3.8, 4) is 0 Å². The molecule has 0 aromatic rings. The normalized spacial score (nSPS) is 79.2. The minimum Gasteiger partial charge on any atom is -0.334 e. The van der Waals surface area contributed by atoms with Gasteiger partial charge in [-0.1, -0.05) is 0 Å². The summed E-state index contributed by atoms with van der Waals surface area (Å²) in [6, 6.07) is 0. The third kappa shape index (κ3) is 0.503. The predicted octanol–water partition coefficient (Wildman–Crippen LogP) is 0.234. The van der Waals surface area contributed by atoms with Gasteiger partial charge in [0.2, 0.25) is 11.6 Å². The minimum absolute atomic E-state index is 0.279. The third-order valence-corrected chi connectivity index (χ3v) is 4.78. The van der Waals surface area contributed by atoms with Crippen LogP contribution < -0.4 is 0 Å². The van der Waals surface area contributed by atoms with Gasteiger partial charge in [-0.2, -0.15) is 0 Å². The van der Waals surface area contributed by atoms with Crippen LogP contribution in [0.25, 0.3) is 0 Å². The van der Waals surface area contributed by atoms with E-state index >= 15 is 0 Å². The van der Waals surface area contributed by atoms with Crippen molar-refractivity contribution in [2.75, 3.05) is 0 Å². The van der Waals surface area contributed by atoms with Crippen molar-refractivity contribution < 1.29 is 23.7 Å². The van der Waals surface area contributed by atoms with Crippen LogP contribution in [0.4, 0.5) is 0 Å². The Morgan fingerprint density at radius 3 is 1.67 bits per heavy atom. The number of epoxide rings is 4. The second-order valence-electron chi connectivity index (χ2n) is 5.44. The summed E-state index contributed by atoms with van der Waals surface area (Å²) in [4.78, 5) is 0. The summed E-state index contributed by atoms with van der Waals surface area (Å²) in [7, 11) is 0. The van der Waals surface area contributed by atoms with Crippen molar-refractivity contribution in [1.29, 1.82) is 0 Å². The molecular weight excluding hydrogens is 200 g/mol. The molecule has 4 aliphatic heterocycles. The average molecular weight is 210 g/mol. The first kappa shape index (κ1) is 7.19. The number of hydrogen-bond donors (Lipinski definition) is 0. The van der Waals surface area contributed by atoms with Gasteiger partial charge < -0.3 is 23.7 Å². The molecule has 80 valence electrons. The molecule has 5 heteroatoms. The number of hydrogen-bond acceptors (Lipinski definition) is 5. The summed E-state index contributed by atoms with van der Waals surface area (Å²) in [5.74, 6) is -1.71. The van der Waals surface area contributed by atoms with Crippen molar-refractivity contribution in [2.24, 2.45) is 0 Å². The summed E-state index contributed by atoms with van der Waals surface area (Å²) in [5, 5.41) is 0. The fraction of sp³-hybridized carbons (Fsp3) is 1.00. The van der Waals surface area contributed by atoms with E-state index in [-0.39, 0.29) is 23.8 Å². The lowest BCUT2D eigenvalue weighted by atomic mass is 10.2. The standard InChI is InChI=1S/C10H10O5/c1-3-7(9(14-7)5(1)11-9)13-8-4-2-6-10(8,12-6)15-8/h5-6H,1-4H2. The van der Waals surface area contributed by atoms with Crippen LogP contribution in [-0.2, 0) is 23.7 Å². The van der Waals surface area contributed by atoms with E-state index < -0.39 is 11.6 Å². The molecule has 6 rings (SSSR count). The topological polar surface area (TPSA) is 59.4 Å². The van der Waals surface area contributed by atoms with Gasteiger partial charge in [0.1, 0.15) is 12.2 Å². The second-order valence-corrected chi connectivity index (χ2v) is 5.44. The predicted molar refractivity (Wildman–Crippen MR) is 42.4 cm³/mol. The molecule has 4 saturated heterocycles. The lowest BCUT2D eigenvalue weighted by Crippen LogP contribution is -2.30. The van der Waals surface area contributed by atoms with Crippen LogP contribution in [0.3, 0.4) is 0 Å². The van der Waals surface area contributed by atoms with E-state index in [0.29, 0.717) is 0 Å². The van der Waals surface area contributed by atoms with Crippen molar-refractivity contribution in [1.82, 2.24) is 0 Å². The Morgan fingerprint density at radius 1 is 0.867 bits per heavy atom. The maximum Gasteiger partial charge on any atom is 0.254 e. The molecular formula is C10H10O5. The van der Waals surface area contributed by atoms with Crippen molar-refractivity contribution in [3.63, 3.8) is 0 Å². The molecule has 0 amide bonds. The monoisotopic (exact) mass is 210 g/mol. The van der Waals surface area contributed by atoms with E-state index in [1.165, 1.54) is 0 Å². The van der Waals surface area contributed by atoms with E-state index in [1.807, 2.05) is 0 Å². The zero-order valence-electron chi connectivity index (χ0n) is 8.02. The minimum atomic E-state index is -0.484. The number of rotatable bonds is 2. The van der Waals surface area contributed by atoms with Gasteiger partial charge in [0.25, 0.3) is 11.6 Å². The van der Waals surface area contributed by atoms with E-state index in [1.54, 1.807) is 0 Å². The molecule has 2 aliphatic carbocycles. The first-order valence-electron chi connectivity index (χ1n) is 5.71. The first-order valence-corrected chi connectivity index (χ1v) is 5.71. The van der Waals surface area contributed by atoms with E-state index in [0.717, 1.165) is 25.7 Å². The highest BCUT2D eigenvalue weighted by Gasteiger charge is 2.98. The molecule has 6 unspecified atom stereocenters.